The Labute approximate surface area is 160 Å². The fourth-order valence-corrected chi connectivity index (χ4v) is 3.35. The lowest BCUT2D eigenvalue weighted by Gasteiger charge is -2.13. The van der Waals surface area contributed by atoms with Gasteiger partial charge in [0.1, 0.15) is 5.75 Å². The van der Waals surface area contributed by atoms with Crippen LogP contribution in [0.4, 0.5) is 5.69 Å². The number of para-hydroxylation sites is 2. The number of hydrogen-bond donors (Lipinski definition) is 2. The molecule has 2 N–H and O–H groups in total. The molecule has 2 atom stereocenters. The van der Waals surface area contributed by atoms with E-state index >= 15 is 0 Å². The van der Waals surface area contributed by atoms with Crippen LogP contribution in [-0.4, -0.2) is 18.9 Å². The molecule has 2 aromatic carbocycles. The summed E-state index contributed by atoms with van der Waals surface area (Å²) in [4.78, 5) is 25.0. The number of carbonyl (C=O) groups is 2. The van der Waals surface area contributed by atoms with E-state index in [1.54, 1.807) is 7.11 Å². The molecule has 1 aliphatic carbocycles. The van der Waals surface area contributed by atoms with Gasteiger partial charge in [0.2, 0.25) is 11.8 Å². The molecule has 27 heavy (non-hydrogen) atoms. The van der Waals surface area contributed by atoms with Crippen molar-refractivity contribution in [3.8, 4) is 5.75 Å². The molecule has 0 heterocycles. The van der Waals surface area contributed by atoms with Crippen molar-refractivity contribution in [3.63, 3.8) is 0 Å². The molecular weight excluding hydrogens is 340 g/mol. The highest BCUT2D eigenvalue weighted by Crippen LogP contribution is 2.40. The van der Waals surface area contributed by atoms with Crippen molar-refractivity contribution >= 4 is 17.5 Å². The summed E-state index contributed by atoms with van der Waals surface area (Å²) in [5.74, 6) is 0.0771. The first-order valence-electron chi connectivity index (χ1n) is 9.34. The summed E-state index contributed by atoms with van der Waals surface area (Å²) >= 11 is 0. The number of anilines is 1. The Hall–Kier alpha value is -2.82. The Morgan fingerprint density at radius 1 is 1.04 bits per heavy atom. The highest BCUT2D eigenvalue weighted by Gasteiger charge is 2.48. The molecule has 0 radical (unpaired) electrons. The first kappa shape index (κ1) is 19.0. The SMILES string of the molecule is CCc1cccc(C)c1NC(=O)C1CC1C(=O)NCc1ccccc1OC. The van der Waals surface area contributed by atoms with E-state index in [9.17, 15) is 9.59 Å². The summed E-state index contributed by atoms with van der Waals surface area (Å²) in [6.07, 6.45) is 1.45. The molecule has 3 rings (SSSR count). The molecule has 142 valence electrons. The van der Waals surface area contributed by atoms with Crippen LogP contribution in [0.3, 0.4) is 0 Å². The average Bonchev–Trinajstić information content (AvgIpc) is 3.49. The molecule has 0 aromatic heterocycles. The second-order valence-corrected chi connectivity index (χ2v) is 6.93. The largest absolute Gasteiger partial charge is 0.496 e. The number of ether oxygens (including phenoxy) is 1. The van der Waals surface area contributed by atoms with Crippen LogP contribution in [0.25, 0.3) is 0 Å². The van der Waals surface area contributed by atoms with Gasteiger partial charge in [0.15, 0.2) is 0 Å². The van der Waals surface area contributed by atoms with E-state index in [1.165, 1.54) is 0 Å². The zero-order chi connectivity index (χ0) is 19.4. The number of benzene rings is 2. The zero-order valence-electron chi connectivity index (χ0n) is 16.0. The second-order valence-electron chi connectivity index (χ2n) is 6.93. The average molecular weight is 366 g/mol. The molecule has 1 fully saturated rings. The molecule has 5 nitrogen and oxygen atoms in total. The van der Waals surface area contributed by atoms with Crippen LogP contribution in [0.5, 0.6) is 5.75 Å². The van der Waals surface area contributed by atoms with Crippen LogP contribution < -0.4 is 15.4 Å². The van der Waals surface area contributed by atoms with Gasteiger partial charge >= 0.3 is 0 Å². The number of rotatable bonds is 7. The van der Waals surface area contributed by atoms with E-state index in [0.717, 1.165) is 34.5 Å². The maximum absolute atomic E-state index is 12.6. The molecule has 1 saturated carbocycles. The molecule has 0 aliphatic heterocycles. The highest BCUT2D eigenvalue weighted by atomic mass is 16.5. The standard InChI is InChI=1S/C22H26N2O3/c1-4-15-10-7-8-14(2)20(15)24-22(26)18-12-17(18)21(25)23-13-16-9-5-6-11-19(16)27-3/h5-11,17-18H,4,12-13H2,1-3H3,(H,23,25)(H,24,26). The van der Waals surface area contributed by atoms with E-state index in [0.29, 0.717) is 13.0 Å². The van der Waals surface area contributed by atoms with Gasteiger partial charge in [-0.05, 0) is 37.0 Å². The van der Waals surface area contributed by atoms with Crippen molar-refractivity contribution in [2.45, 2.75) is 33.2 Å². The molecular formula is C22H26N2O3. The summed E-state index contributed by atoms with van der Waals surface area (Å²) in [6.45, 7) is 4.44. The van der Waals surface area contributed by atoms with Gasteiger partial charge in [-0.15, -0.1) is 0 Å². The van der Waals surface area contributed by atoms with E-state index in [-0.39, 0.29) is 23.7 Å². The van der Waals surface area contributed by atoms with Gasteiger partial charge in [0, 0.05) is 17.8 Å². The normalized spacial score (nSPS) is 17.9. The smallest absolute Gasteiger partial charge is 0.228 e. The van der Waals surface area contributed by atoms with Gasteiger partial charge in [0.05, 0.1) is 18.9 Å². The number of carbonyl (C=O) groups excluding carboxylic acids is 2. The van der Waals surface area contributed by atoms with Gasteiger partial charge in [-0.1, -0.05) is 43.3 Å². The summed E-state index contributed by atoms with van der Waals surface area (Å²) < 4.78 is 5.30. The lowest BCUT2D eigenvalue weighted by molar-refractivity contribution is -0.125. The molecule has 2 unspecified atom stereocenters. The number of nitrogens with one attached hydrogen (secondary N) is 2. The van der Waals surface area contributed by atoms with Crippen molar-refractivity contribution < 1.29 is 14.3 Å². The van der Waals surface area contributed by atoms with Gasteiger partial charge in [0.25, 0.3) is 0 Å². The van der Waals surface area contributed by atoms with E-state index < -0.39 is 0 Å². The lowest BCUT2D eigenvalue weighted by Crippen LogP contribution is -2.27. The molecule has 2 amide bonds. The summed E-state index contributed by atoms with van der Waals surface area (Å²) in [5, 5.41) is 5.95. The Bertz CT molecular complexity index is 847. The molecule has 1 aliphatic rings. The van der Waals surface area contributed by atoms with Crippen molar-refractivity contribution in [3.05, 3.63) is 59.2 Å². The summed E-state index contributed by atoms with van der Waals surface area (Å²) in [5.41, 5.74) is 3.95. The first-order chi connectivity index (χ1) is 13.0. The molecule has 5 heteroatoms. The number of aryl methyl sites for hydroxylation is 2. The molecule has 0 bridgehead atoms. The quantitative estimate of drug-likeness (QED) is 0.789. The number of amides is 2. The Morgan fingerprint density at radius 3 is 2.48 bits per heavy atom. The van der Waals surface area contributed by atoms with Crippen molar-refractivity contribution in [2.24, 2.45) is 11.8 Å². The van der Waals surface area contributed by atoms with Crippen molar-refractivity contribution in [2.75, 3.05) is 12.4 Å². The topological polar surface area (TPSA) is 67.4 Å². The van der Waals surface area contributed by atoms with E-state index in [4.69, 9.17) is 4.74 Å². The Balaban J connectivity index is 1.56. The third-order valence-electron chi connectivity index (χ3n) is 5.10. The first-order valence-corrected chi connectivity index (χ1v) is 9.34. The number of hydrogen-bond acceptors (Lipinski definition) is 3. The van der Waals surface area contributed by atoms with Crippen molar-refractivity contribution in [1.82, 2.24) is 5.32 Å². The fourth-order valence-electron chi connectivity index (χ4n) is 3.35. The van der Waals surface area contributed by atoms with Crippen LogP contribution in [0.1, 0.15) is 30.0 Å². The van der Waals surface area contributed by atoms with Gasteiger partial charge in [-0.25, -0.2) is 0 Å². The summed E-state index contributed by atoms with van der Waals surface area (Å²) in [6, 6.07) is 13.6. The summed E-state index contributed by atoms with van der Waals surface area (Å²) in [7, 11) is 1.61. The second kappa shape index (κ2) is 8.25. The predicted molar refractivity (Wildman–Crippen MR) is 106 cm³/mol. The monoisotopic (exact) mass is 366 g/mol. The zero-order valence-corrected chi connectivity index (χ0v) is 16.0. The fraction of sp³-hybridized carbons (Fsp3) is 0.364. The van der Waals surface area contributed by atoms with Gasteiger partial charge in [-0.3, -0.25) is 9.59 Å². The van der Waals surface area contributed by atoms with Crippen molar-refractivity contribution in [1.29, 1.82) is 0 Å². The maximum Gasteiger partial charge on any atom is 0.228 e. The van der Waals surface area contributed by atoms with Crippen LogP contribution in [-0.2, 0) is 22.6 Å². The van der Waals surface area contributed by atoms with Gasteiger partial charge in [-0.2, -0.15) is 0 Å². The minimum Gasteiger partial charge on any atom is -0.496 e. The highest BCUT2D eigenvalue weighted by molar-refractivity contribution is 6.00. The predicted octanol–water partition coefficient (Wildman–Crippen LogP) is 3.46. The van der Waals surface area contributed by atoms with Crippen LogP contribution >= 0.6 is 0 Å². The minimum absolute atomic E-state index is 0.0727. The van der Waals surface area contributed by atoms with E-state index in [1.807, 2.05) is 49.4 Å². The third kappa shape index (κ3) is 4.30. The molecule has 0 saturated heterocycles. The molecule has 0 spiro atoms. The Morgan fingerprint density at radius 2 is 1.74 bits per heavy atom. The third-order valence-corrected chi connectivity index (χ3v) is 5.10. The minimum atomic E-state index is -0.257. The maximum atomic E-state index is 12.6. The lowest BCUT2D eigenvalue weighted by atomic mass is 10.1. The Kier molecular flexibility index (Phi) is 5.79. The van der Waals surface area contributed by atoms with Crippen LogP contribution in [0, 0.1) is 18.8 Å². The van der Waals surface area contributed by atoms with Gasteiger partial charge < -0.3 is 15.4 Å². The van der Waals surface area contributed by atoms with E-state index in [2.05, 4.69) is 17.6 Å². The number of methoxy groups -OCH3 is 1. The van der Waals surface area contributed by atoms with Crippen LogP contribution in [0.2, 0.25) is 0 Å². The molecule has 2 aromatic rings. The van der Waals surface area contributed by atoms with Crippen LogP contribution in [0.15, 0.2) is 42.5 Å².